The number of hydrogen-bond donors (Lipinski definition) is 2. The van der Waals surface area contributed by atoms with Crippen molar-refractivity contribution in [1.82, 2.24) is 0 Å². The molecule has 0 heterocycles. The van der Waals surface area contributed by atoms with Gasteiger partial charge in [0.1, 0.15) is 11.5 Å². The first-order valence-electron chi connectivity index (χ1n) is 8.53. The Hall–Kier alpha value is -3.59. The number of rotatable bonds is 5. The summed E-state index contributed by atoms with van der Waals surface area (Å²) in [4.78, 5) is 23.8. The van der Waals surface area contributed by atoms with Gasteiger partial charge in [0.15, 0.2) is 0 Å². The number of benzene rings is 2. The molecule has 6 heteroatoms. The molecule has 1 amide bonds. The number of anilines is 1. The highest BCUT2D eigenvalue weighted by molar-refractivity contribution is 5.95. The lowest BCUT2D eigenvalue weighted by atomic mass is 9.82. The Morgan fingerprint density at radius 3 is 2.07 bits per heavy atom. The second kappa shape index (κ2) is 8.19. The number of nitriles is 1. The van der Waals surface area contributed by atoms with Crippen LogP contribution >= 0.6 is 0 Å². The first-order chi connectivity index (χ1) is 13.1. The van der Waals surface area contributed by atoms with Crippen LogP contribution in [0.15, 0.2) is 60.7 Å². The highest BCUT2D eigenvalue weighted by Gasteiger charge is 2.33. The van der Waals surface area contributed by atoms with Crippen LogP contribution in [0.25, 0.3) is 0 Å². The Morgan fingerprint density at radius 2 is 1.52 bits per heavy atom. The monoisotopic (exact) mass is 362 g/mol. The summed E-state index contributed by atoms with van der Waals surface area (Å²) < 4.78 is 5.69. The minimum atomic E-state index is -0.953. The van der Waals surface area contributed by atoms with Crippen LogP contribution in [0, 0.1) is 23.2 Å². The fraction of sp³-hybridized carbons (Fsp3) is 0.190. The predicted octanol–water partition coefficient (Wildman–Crippen LogP) is 3.96. The second-order valence-electron chi connectivity index (χ2n) is 6.25. The number of carboxylic acids is 1. The molecule has 0 saturated heterocycles. The highest BCUT2D eigenvalue weighted by atomic mass is 16.5. The maximum absolute atomic E-state index is 12.5. The van der Waals surface area contributed by atoms with Crippen molar-refractivity contribution in [3.05, 3.63) is 66.2 Å². The lowest BCUT2D eigenvalue weighted by Gasteiger charge is -2.24. The van der Waals surface area contributed by atoms with Crippen molar-refractivity contribution in [3.63, 3.8) is 0 Å². The zero-order chi connectivity index (χ0) is 19.2. The second-order valence-corrected chi connectivity index (χ2v) is 6.25. The fourth-order valence-corrected chi connectivity index (χ4v) is 2.95. The van der Waals surface area contributed by atoms with Gasteiger partial charge in [-0.05, 0) is 61.4 Å². The van der Waals surface area contributed by atoms with Crippen molar-refractivity contribution in [2.75, 3.05) is 5.32 Å². The number of nitrogens with one attached hydrogen (secondary N) is 1. The summed E-state index contributed by atoms with van der Waals surface area (Å²) in [5.41, 5.74) is 1.13. The summed E-state index contributed by atoms with van der Waals surface area (Å²) in [5, 5.41) is 20.9. The number of nitrogens with zero attached hydrogens (tertiary/aromatic N) is 1. The third kappa shape index (κ3) is 4.53. The molecule has 2 aromatic carbocycles. The van der Waals surface area contributed by atoms with Crippen LogP contribution in [0.1, 0.15) is 18.4 Å². The molecule has 2 N–H and O–H groups in total. The maximum atomic E-state index is 12.5. The number of amides is 1. The molecule has 0 aromatic heterocycles. The normalized spacial score (nSPS) is 18.3. The molecule has 1 aliphatic carbocycles. The number of aliphatic carboxylic acids is 1. The van der Waals surface area contributed by atoms with Crippen LogP contribution in [-0.2, 0) is 9.59 Å². The van der Waals surface area contributed by atoms with E-state index in [0.29, 0.717) is 35.6 Å². The Morgan fingerprint density at radius 1 is 0.963 bits per heavy atom. The molecular formula is C21H18N2O4. The van der Waals surface area contributed by atoms with Crippen LogP contribution in [0.4, 0.5) is 5.69 Å². The number of hydrogen-bond acceptors (Lipinski definition) is 4. The van der Waals surface area contributed by atoms with E-state index in [1.165, 1.54) is 0 Å². The third-order valence-corrected chi connectivity index (χ3v) is 4.43. The molecule has 1 aliphatic rings. The van der Waals surface area contributed by atoms with Crippen LogP contribution in [0.3, 0.4) is 0 Å². The van der Waals surface area contributed by atoms with Crippen molar-refractivity contribution in [2.45, 2.75) is 12.8 Å². The Labute approximate surface area is 156 Å². The molecule has 0 spiro atoms. The van der Waals surface area contributed by atoms with Crippen molar-refractivity contribution < 1.29 is 19.4 Å². The predicted molar refractivity (Wildman–Crippen MR) is 99.3 cm³/mol. The maximum Gasteiger partial charge on any atom is 0.307 e. The van der Waals surface area contributed by atoms with Gasteiger partial charge >= 0.3 is 5.97 Å². The number of carbonyl (C=O) groups is 2. The zero-order valence-corrected chi connectivity index (χ0v) is 14.5. The minimum absolute atomic E-state index is 0.299. The molecule has 0 fully saturated rings. The summed E-state index contributed by atoms with van der Waals surface area (Å²) in [5.74, 6) is -1.35. The van der Waals surface area contributed by atoms with E-state index in [-0.39, 0.29) is 5.91 Å². The molecule has 0 aliphatic heterocycles. The number of allylic oxidation sites excluding steroid dienone is 2. The first-order valence-corrected chi connectivity index (χ1v) is 8.53. The van der Waals surface area contributed by atoms with Gasteiger partial charge in [0, 0.05) is 5.69 Å². The molecule has 6 nitrogen and oxygen atoms in total. The Bertz CT molecular complexity index is 895. The standard InChI is InChI=1S/C21H18N2O4/c22-13-14-5-9-16(10-6-14)27-17-11-7-15(8-12-17)23-20(24)18-3-1-2-4-19(18)21(25)26/h1-2,5-12,18-19H,3-4H2,(H,23,24)(H,25,26)/t18-,19+/m0/s1. The summed E-state index contributed by atoms with van der Waals surface area (Å²) in [7, 11) is 0. The van der Waals surface area contributed by atoms with E-state index in [1.807, 2.05) is 12.1 Å². The minimum Gasteiger partial charge on any atom is -0.481 e. The molecule has 2 aromatic rings. The summed E-state index contributed by atoms with van der Waals surface area (Å²) >= 11 is 0. The van der Waals surface area contributed by atoms with Gasteiger partial charge in [0.2, 0.25) is 5.91 Å². The van der Waals surface area contributed by atoms with Gasteiger partial charge in [0.05, 0.1) is 23.5 Å². The van der Waals surface area contributed by atoms with Gasteiger partial charge in [-0.3, -0.25) is 9.59 Å². The van der Waals surface area contributed by atoms with Gasteiger partial charge < -0.3 is 15.2 Å². The van der Waals surface area contributed by atoms with Crippen LogP contribution < -0.4 is 10.1 Å². The molecule has 0 radical (unpaired) electrons. The molecule has 3 rings (SSSR count). The Balaban J connectivity index is 1.63. The molecule has 27 heavy (non-hydrogen) atoms. The van der Waals surface area contributed by atoms with Crippen molar-refractivity contribution in [2.24, 2.45) is 11.8 Å². The van der Waals surface area contributed by atoms with E-state index in [0.717, 1.165) is 0 Å². The average molecular weight is 362 g/mol. The largest absolute Gasteiger partial charge is 0.481 e. The molecule has 0 bridgehead atoms. The first kappa shape index (κ1) is 18.2. The lowest BCUT2D eigenvalue weighted by molar-refractivity contribution is -0.146. The van der Waals surface area contributed by atoms with E-state index < -0.39 is 17.8 Å². The van der Waals surface area contributed by atoms with Gasteiger partial charge in [0.25, 0.3) is 0 Å². The van der Waals surface area contributed by atoms with E-state index >= 15 is 0 Å². The molecule has 2 atom stereocenters. The van der Waals surface area contributed by atoms with Gasteiger partial charge in [-0.25, -0.2) is 0 Å². The van der Waals surface area contributed by atoms with E-state index in [4.69, 9.17) is 10.00 Å². The smallest absolute Gasteiger partial charge is 0.307 e. The topological polar surface area (TPSA) is 99.4 Å². The summed E-state index contributed by atoms with van der Waals surface area (Å²) in [6, 6.07) is 15.6. The zero-order valence-electron chi connectivity index (χ0n) is 14.5. The molecule has 0 saturated carbocycles. The van der Waals surface area contributed by atoms with Crippen molar-refractivity contribution in [3.8, 4) is 17.6 Å². The number of carbonyl (C=O) groups excluding carboxylic acids is 1. The molecule has 136 valence electrons. The summed E-state index contributed by atoms with van der Waals surface area (Å²) in [6.45, 7) is 0. The SMILES string of the molecule is N#Cc1ccc(Oc2ccc(NC(=O)[C@H]3CC=CC[C@H]3C(=O)O)cc2)cc1. The van der Waals surface area contributed by atoms with Crippen LogP contribution in [0.5, 0.6) is 11.5 Å². The Kier molecular flexibility index (Phi) is 5.53. The van der Waals surface area contributed by atoms with Gasteiger partial charge in [-0.15, -0.1) is 0 Å². The van der Waals surface area contributed by atoms with E-state index in [9.17, 15) is 14.7 Å². The van der Waals surface area contributed by atoms with Gasteiger partial charge in [-0.1, -0.05) is 12.2 Å². The van der Waals surface area contributed by atoms with Crippen LogP contribution in [0.2, 0.25) is 0 Å². The van der Waals surface area contributed by atoms with Crippen molar-refractivity contribution >= 4 is 17.6 Å². The number of ether oxygens (including phenoxy) is 1. The van der Waals surface area contributed by atoms with E-state index in [1.54, 1.807) is 54.6 Å². The summed E-state index contributed by atoms with van der Waals surface area (Å²) in [6.07, 6.45) is 4.43. The van der Waals surface area contributed by atoms with Gasteiger partial charge in [-0.2, -0.15) is 5.26 Å². The number of carboxylic acid groups (broad SMARTS) is 1. The quantitative estimate of drug-likeness (QED) is 0.785. The van der Waals surface area contributed by atoms with E-state index in [2.05, 4.69) is 5.32 Å². The lowest BCUT2D eigenvalue weighted by Crippen LogP contribution is -2.34. The van der Waals surface area contributed by atoms with Crippen molar-refractivity contribution in [1.29, 1.82) is 5.26 Å². The highest BCUT2D eigenvalue weighted by Crippen LogP contribution is 2.28. The molecule has 0 unspecified atom stereocenters. The fourth-order valence-electron chi connectivity index (χ4n) is 2.95. The molecular weight excluding hydrogens is 344 g/mol. The van der Waals surface area contributed by atoms with Crippen LogP contribution in [-0.4, -0.2) is 17.0 Å². The third-order valence-electron chi connectivity index (χ3n) is 4.43. The average Bonchev–Trinajstić information content (AvgIpc) is 2.70.